The highest BCUT2D eigenvalue weighted by Crippen LogP contribution is 2.17. The highest BCUT2D eigenvalue weighted by Gasteiger charge is 2.18. The Morgan fingerprint density at radius 3 is 2.66 bits per heavy atom. The number of carbonyl (C=O) groups excluding carboxylic acids is 1. The fourth-order valence-corrected chi connectivity index (χ4v) is 3.06. The lowest BCUT2D eigenvalue weighted by Crippen LogP contribution is -2.33. The summed E-state index contributed by atoms with van der Waals surface area (Å²) in [7, 11) is 1.93. The Balaban J connectivity index is 2.22. The van der Waals surface area contributed by atoms with Gasteiger partial charge in [-0.1, -0.05) is 6.92 Å². The van der Waals surface area contributed by atoms with E-state index in [1.807, 2.05) is 18.9 Å². The molecule has 0 saturated carbocycles. The maximum atomic E-state index is 12.7. The summed E-state index contributed by atoms with van der Waals surface area (Å²) in [6, 6.07) is 2.60. The molecule has 29 heavy (non-hydrogen) atoms. The molecule has 9 nitrogen and oxygen atoms in total. The van der Waals surface area contributed by atoms with Crippen molar-refractivity contribution in [3.8, 4) is 5.75 Å². The van der Waals surface area contributed by atoms with E-state index in [1.54, 1.807) is 0 Å². The van der Waals surface area contributed by atoms with Crippen LogP contribution in [0.15, 0.2) is 21.7 Å². The maximum Gasteiger partial charge on any atom is 0.253 e. The molecule has 3 rings (SSSR count). The molecule has 2 aromatic carbocycles. The number of nitrogens with zero attached hydrogens (tertiary/aromatic N) is 2. The van der Waals surface area contributed by atoms with Gasteiger partial charge in [-0.2, -0.15) is 0 Å². The van der Waals surface area contributed by atoms with Crippen molar-refractivity contribution in [1.29, 1.82) is 0 Å². The highest BCUT2D eigenvalue weighted by molar-refractivity contribution is 6.06. The summed E-state index contributed by atoms with van der Waals surface area (Å²) in [6.07, 6.45) is 0.627. The molecule has 0 unspecified atom stereocenters. The summed E-state index contributed by atoms with van der Waals surface area (Å²) >= 11 is 0. The molecule has 0 saturated heterocycles. The lowest BCUT2D eigenvalue weighted by molar-refractivity contribution is 0.0951. The Morgan fingerprint density at radius 2 is 2.00 bits per heavy atom. The molecule has 0 radical (unpaired) electrons. The third-order valence-electron chi connectivity index (χ3n) is 4.98. The fraction of sp³-hybridized carbons (Fsp3) is 0.300. The molecule has 1 aromatic heterocycles. The van der Waals surface area contributed by atoms with Crippen molar-refractivity contribution in [1.82, 2.24) is 20.2 Å². The van der Waals surface area contributed by atoms with Crippen LogP contribution in [-0.4, -0.2) is 57.7 Å². The van der Waals surface area contributed by atoms with Gasteiger partial charge in [0.25, 0.3) is 5.91 Å². The number of hydrogen-bond acceptors (Lipinski definition) is 7. The number of aliphatic hydroxyl groups excluding tert-OH is 1. The first-order chi connectivity index (χ1) is 13.8. The fourth-order valence-electron chi connectivity index (χ4n) is 3.06. The van der Waals surface area contributed by atoms with Crippen LogP contribution < -0.4 is 21.4 Å². The Kier molecular flexibility index (Phi) is 5.51. The van der Waals surface area contributed by atoms with E-state index in [2.05, 4.69) is 15.3 Å². The van der Waals surface area contributed by atoms with Crippen molar-refractivity contribution < 1.29 is 15.0 Å². The number of fused-ring (bicyclic) bond motifs is 2. The molecule has 3 aromatic rings. The Bertz CT molecular complexity index is 1280. The van der Waals surface area contributed by atoms with Crippen molar-refractivity contribution in [3.05, 3.63) is 48.9 Å². The number of hydrogen-bond donors (Lipinski definition) is 4. The predicted molar refractivity (Wildman–Crippen MR) is 110 cm³/mol. The summed E-state index contributed by atoms with van der Waals surface area (Å²) in [5.41, 5.74) is -0.818. The molecular weight excluding hydrogens is 376 g/mol. The number of H-pyrrole nitrogens is 1. The van der Waals surface area contributed by atoms with Crippen LogP contribution in [-0.2, 0) is 0 Å². The smallest absolute Gasteiger partial charge is 0.253 e. The zero-order valence-corrected chi connectivity index (χ0v) is 16.4. The van der Waals surface area contributed by atoms with Gasteiger partial charge in [-0.3, -0.25) is 14.4 Å². The second-order valence-electron chi connectivity index (χ2n) is 6.79. The van der Waals surface area contributed by atoms with Crippen molar-refractivity contribution in [2.45, 2.75) is 13.8 Å². The summed E-state index contributed by atoms with van der Waals surface area (Å²) in [4.78, 5) is 46.7. The van der Waals surface area contributed by atoms with Gasteiger partial charge in [0.1, 0.15) is 22.3 Å². The highest BCUT2D eigenvalue weighted by atomic mass is 16.3. The number of aliphatic hydroxyl groups is 1. The van der Waals surface area contributed by atoms with Crippen LogP contribution in [0, 0.1) is 6.92 Å². The number of aromatic hydroxyl groups is 1. The average Bonchev–Trinajstić information content (AvgIpc) is 2.72. The summed E-state index contributed by atoms with van der Waals surface area (Å²) < 4.78 is 0. The second-order valence-corrected chi connectivity index (χ2v) is 6.79. The summed E-state index contributed by atoms with van der Waals surface area (Å²) in [6.45, 7) is 5.32. The van der Waals surface area contributed by atoms with Crippen molar-refractivity contribution in [2.24, 2.45) is 0 Å². The molecule has 9 heteroatoms. The Labute approximate surface area is 165 Å². The van der Waals surface area contributed by atoms with Crippen molar-refractivity contribution in [2.75, 3.05) is 26.7 Å². The number of rotatable bonds is 5. The molecule has 0 aliphatic carbocycles. The number of nitrogens with one attached hydrogen (secondary N) is 2. The number of phenolic OH excluding ortho intramolecular Hbond substituents is 1. The van der Waals surface area contributed by atoms with E-state index in [0.29, 0.717) is 19.4 Å². The van der Waals surface area contributed by atoms with Crippen LogP contribution in [0.3, 0.4) is 0 Å². The average molecular weight is 398 g/mol. The van der Waals surface area contributed by atoms with Gasteiger partial charge in [0.15, 0.2) is 0 Å². The minimum Gasteiger partial charge on any atom is -0.515 e. The third-order valence-corrected chi connectivity index (χ3v) is 4.98. The van der Waals surface area contributed by atoms with Crippen LogP contribution in [0.1, 0.15) is 22.8 Å². The van der Waals surface area contributed by atoms with E-state index >= 15 is 0 Å². The first-order valence-corrected chi connectivity index (χ1v) is 9.13. The first kappa shape index (κ1) is 20.3. The molecule has 0 aliphatic rings. The predicted octanol–water partition coefficient (Wildman–Crippen LogP) is 0.147. The molecule has 0 fully saturated rings. The second kappa shape index (κ2) is 7.88. The standard InChI is InChI=1S/C20H22N4O5/c1-4-24(3)8-7-21-20(29)11-5-6-13(26)16-14(11)23-17-15(22-16)12(9-25)18(27)10(2)19(17)28/h5-6,9,23,25,27H,4,7-8H2,1-3H3,(H,21,29). The number of amides is 1. The Morgan fingerprint density at radius 1 is 1.28 bits per heavy atom. The quantitative estimate of drug-likeness (QED) is 0.449. The van der Waals surface area contributed by atoms with E-state index in [4.69, 9.17) is 0 Å². The van der Waals surface area contributed by atoms with E-state index in [0.717, 1.165) is 6.54 Å². The molecule has 1 amide bonds. The monoisotopic (exact) mass is 398 g/mol. The van der Waals surface area contributed by atoms with Crippen molar-refractivity contribution >= 4 is 34.2 Å². The van der Waals surface area contributed by atoms with Crippen LogP contribution in [0.4, 0.5) is 0 Å². The van der Waals surface area contributed by atoms with Gasteiger partial charge in [-0.25, -0.2) is 4.98 Å². The molecule has 0 aliphatic heterocycles. The minimum absolute atomic E-state index is 0.0153. The molecule has 1 heterocycles. The molecule has 152 valence electrons. The Hall–Kier alpha value is -3.46. The van der Waals surface area contributed by atoms with Gasteiger partial charge in [0, 0.05) is 18.7 Å². The van der Waals surface area contributed by atoms with Gasteiger partial charge in [-0.15, -0.1) is 0 Å². The zero-order chi connectivity index (χ0) is 21.3. The van der Waals surface area contributed by atoms with Crippen LogP contribution in [0.2, 0.25) is 0 Å². The number of benzene rings is 2. The number of carbonyl (C=O) groups is 1. The number of phenols is 1. The third kappa shape index (κ3) is 3.52. The largest absolute Gasteiger partial charge is 0.515 e. The van der Waals surface area contributed by atoms with Gasteiger partial charge in [0.2, 0.25) is 10.9 Å². The molecule has 0 spiro atoms. The molecule has 0 bridgehead atoms. The number of aromatic amines is 1. The normalized spacial score (nSPS) is 12.2. The summed E-state index contributed by atoms with van der Waals surface area (Å²) in [5.74, 6) is -0.819. The van der Waals surface area contributed by atoms with Gasteiger partial charge in [-0.05, 0) is 32.6 Å². The van der Waals surface area contributed by atoms with Crippen LogP contribution >= 0.6 is 0 Å². The minimum atomic E-state index is -0.537. The zero-order valence-electron chi connectivity index (χ0n) is 16.4. The number of aromatic nitrogens is 2. The molecule has 4 N–H and O–H groups in total. The van der Waals surface area contributed by atoms with Gasteiger partial charge in [0.05, 0.1) is 22.6 Å². The van der Waals surface area contributed by atoms with Crippen LogP contribution in [0.25, 0.3) is 28.3 Å². The first-order valence-electron chi connectivity index (χ1n) is 9.13. The van der Waals surface area contributed by atoms with Crippen LogP contribution in [0.5, 0.6) is 5.75 Å². The van der Waals surface area contributed by atoms with Crippen molar-refractivity contribution in [3.63, 3.8) is 0 Å². The van der Waals surface area contributed by atoms with Gasteiger partial charge < -0.3 is 25.4 Å². The lowest BCUT2D eigenvalue weighted by Gasteiger charge is -2.14. The lowest BCUT2D eigenvalue weighted by atomic mass is 10.1. The maximum absolute atomic E-state index is 12.7. The van der Waals surface area contributed by atoms with E-state index in [-0.39, 0.29) is 38.4 Å². The SMILES string of the molecule is CCN(C)CCNC(=O)c1ccc(=O)c2nc3c(=CO)c(O)c(C)c(=O)c3[nH]c12. The topological polar surface area (TPSA) is 136 Å². The molecule has 0 atom stereocenters. The molecular formula is C20H22N4O5. The van der Waals surface area contributed by atoms with Gasteiger partial charge >= 0.3 is 0 Å². The van der Waals surface area contributed by atoms with E-state index < -0.39 is 22.5 Å². The summed E-state index contributed by atoms with van der Waals surface area (Å²) in [5, 5.41) is 22.3. The van der Waals surface area contributed by atoms with E-state index in [1.165, 1.54) is 19.1 Å². The number of likely N-dealkylation sites (N-methyl/N-ethyl adjacent to an activating group) is 1. The van der Waals surface area contributed by atoms with E-state index in [9.17, 15) is 24.6 Å².